The second-order valence-corrected chi connectivity index (χ2v) is 8.06. The summed E-state index contributed by atoms with van der Waals surface area (Å²) in [4.78, 5) is 14.7. The number of benzene rings is 2. The maximum absolute atomic E-state index is 13.0. The summed E-state index contributed by atoms with van der Waals surface area (Å²) < 4.78 is 10.6. The van der Waals surface area contributed by atoms with E-state index >= 15 is 0 Å². The van der Waals surface area contributed by atoms with E-state index in [1.165, 1.54) is 11.8 Å². The molecule has 0 bridgehead atoms. The standard InChI is InChI=1S/C23H27N3O3S/c1-4-5-11-21-22(27)26(16-17-9-7-6-8-10-17)23(30-21)25-24-15-18-12-13-19(28-2)14-20(18)29-3/h6-10,12-15,21H,4-5,11,16H2,1-3H3/b24-15-,25-23+/t21-/m0/s1. The van der Waals surface area contributed by atoms with E-state index in [2.05, 4.69) is 17.1 Å². The fraction of sp³-hybridized carbons (Fsp3) is 0.348. The summed E-state index contributed by atoms with van der Waals surface area (Å²) in [5, 5.41) is 9.18. The molecule has 1 fully saturated rings. The third-order valence-corrected chi connectivity index (χ3v) is 6.04. The molecule has 2 aromatic rings. The van der Waals surface area contributed by atoms with Crippen molar-refractivity contribution in [2.24, 2.45) is 10.2 Å². The van der Waals surface area contributed by atoms with E-state index in [9.17, 15) is 4.79 Å². The first-order chi connectivity index (χ1) is 14.7. The zero-order chi connectivity index (χ0) is 21.3. The predicted octanol–water partition coefficient (Wildman–Crippen LogP) is 4.73. The molecular formula is C23H27N3O3S. The van der Waals surface area contributed by atoms with Gasteiger partial charge in [0.05, 0.1) is 32.2 Å². The van der Waals surface area contributed by atoms with Gasteiger partial charge >= 0.3 is 0 Å². The van der Waals surface area contributed by atoms with Crippen molar-refractivity contribution in [2.75, 3.05) is 14.2 Å². The van der Waals surface area contributed by atoms with Crippen LogP contribution in [0.5, 0.6) is 11.5 Å². The molecule has 0 aliphatic carbocycles. The van der Waals surface area contributed by atoms with Gasteiger partial charge in [-0.1, -0.05) is 61.9 Å². The number of unbranched alkanes of at least 4 members (excludes halogenated alkanes) is 1. The number of hydrogen-bond donors (Lipinski definition) is 0. The number of nitrogens with zero attached hydrogens (tertiary/aromatic N) is 3. The summed E-state index contributed by atoms with van der Waals surface area (Å²) in [7, 11) is 3.21. The first-order valence-electron chi connectivity index (χ1n) is 10.0. The van der Waals surface area contributed by atoms with Crippen molar-refractivity contribution in [3.05, 3.63) is 59.7 Å². The summed E-state index contributed by atoms with van der Waals surface area (Å²) >= 11 is 1.50. The monoisotopic (exact) mass is 425 g/mol. The van der Waals surface area contributed by atoms with Crippen LogP contribution >= 0.6 is 11.8 Å². The first kappa shape index (κ1) is 21.9. The van der Waals surface area contributed by atoms with Gasteiger partial charge in [0.15, 0.2) is 5.17 Å². The van der Waals surface area contributed by atoms with Crippen LogP contribution in [0, 0.1) is 0 Å². The van der Waals surface area contributed by atoms with E-state index in [-0.39, 0.29) is 11.2 Å². The SMILES string of the molecule is CCCC[C@@H]1S/C(=N/N=C\c2ccc(OC)cc2OC)N(Cc2ccccc2)C1=O. The first-order valence-corrected chi connectivity index (χ1v) is 10.9. The topological polar surface area (TPSA) is 63.5 Å². The lowest BCUT2D eigenvalue weighted by atomic mass is 10.1. The highest BCUT2D eigenvalue weighted by Crippen LogP contribution is 2.32. The molecule has 2 aromatic carbocycles. The summed E-state index contributed by atoms with van der Waals surface area (Å²) in [5.74, 6) is 1.46. The summed E-state index contributed by atoms with van der Waals surface area (Å²) in [5.41, 5.74) is 1.85. The Hall–Kier alpha value is -2.80. The zero-order valence-corrected chi connectivity index (χ0v) is 18.4. The van der Waals surface area contributed by atoms with Gasteiger partial charge < -0.3 is 9.47 Å². The lowest BCUT2D eigenvalue weighted by Crippen LogP contribution is -2.31. The van der Waals surface area contributed by atoms with Crippen LogP contribution in [-0.4, -0.2) is 41.7 Å². The number of rotatable bonds is 9. The van der Waals surface area contributed by atoms with E-state index < -0.39 is 0 Å². The minimum Gasteiger partial charge on any atom is -0.497 e. The molecule has 0 saturated carbocycles. The van der Waals surface area contributed by atoms with Crippen LogP contribution < -0.4 is 9.47 Å². The van der Waals surface area contributed by atoms with Gasteiger partial charge in [-0.25, -0.2) is 0 Å². The highest BCUT2D eigenvalue weighted by atomic mass is 32.2. The fourth-order valence-electron chi connectivity index (χ4n) is 3.14. The second-order valence-electron chi connectivity index (χ2n) is 6.89. The molecule has 0 aromatic heterocycles. The van der Waals surface area contributed by atoms with Crippen molar-refractivity contribution in [3.63, 3.8) is 0 Å². The Bertz CT molecular complexity index is 915. The molecule has 158 valence electrons. The smallest absolute Gasteiger partial charge is 0.242 e. The van der Waals surface area contributed by atoms with E-state index in [0.717, 1.165) is 30.4 Å². The third kappa shape index (κ3) is 5.42. The van der Waals surface area contributed by atoms with Gasteiger partial charge in [0, 0.05) is 11.6 Å². The normalized spacial score (nSPS) is 17.8. The van der Waals surface area contributed by atoms with Crippen LogP contribution in [0.25, 0.3) is 0 Å². The molecule has 0 spiro atoms. The molecule has 1 amide bonds. The molecule has 0 unspecified atom stereocenters. The Labute approximate surface area is 182 Å². The Balaban J connectivity index is 1.82. The quantitative estimate of drug-likeness (QED) is 0.430. The number of carbonyl (C=O) groups is 1. The van der Waals surface area contributed by atoms with Crippen LogP contribution in [-0.2, 0) is 11.3 Å². The molecule has 1 heterocycles. The molecule has 7 heteroatoms. The lowest BCUT2D eigenvalue weighted by Gasteiger charge is -2.15. The maximum Gasteiger partial charge on any atom is 0.242 e. The van der Waals surface area contributed by atoms with Crippen LogP contribution in [0.4, 0.5) is 0 Å². The molecule has 3 rings (SSSR count). The van der Waals surface area contributed by atoms with Crippen molar-refractivity contribution in [3.8, 4) is 11.5 Å². The average molecular weight is 426 g/mol. The Morgan fingerprint density at radius 2 is 1.93 bits per heavy atom. The van der Waals surface area contributed by atoms with E-state index in [1.807, 2.05) is 42.5 Å². The second kappa shape index (κ2) is 10.8. The fourth-order valence-corrected chi connectivity index (χ4v) is 4.28. The van der Waals surface area contributed by atoms with Gasteiger partial charge in [0.25, 0.3) is 0 Å². The molecule has 0 N–H and O–H groups in total. The maximum atomic E-state index is 13.0. The lowest BCUT2D eigenvalue weighted by molar-refractivity contribution is -0.126. The van der Waals surface area contributed by atoms with Crippen molar-refractivity contribution < 1.29 is 14.3 Å². The van der Waals surface area contributed by atoms with Gasteiger partial charge in [-0.05, 0) is 24.1 Å². The number of amidine groups is 1. The Morgan fingerprint density at radius 1 is 1.13 bits per heavy atom. The van der Waals surface area contributed by atoms with Crippen LogP contribution in [0.15, 0.2) is 58.7 Å². The van der Waals surface area contributed by atoms with Gasteiger partial charge in [-0.15, -0.1) is 5.10 Å². The Morgan fingerprint density at radius 3 is 2.63 bits per heavy atom. The molecule has 1 saturated heterocycles. The molecule has 0 radical (unpaired) electrons. The third-order valence-electron chi connectivity index (χ3n) is 4.80. The summed E-state index contributed by atoms with van der Waals surface area (Å²) in [6, 6.07) is 15.4. The van der Waals surface area contributed by atoms with Gasteiger partial charge in [0.1, 0.15) is 11.5 Å². The van der Waals surface area contributed by atoms with E-state index in [1.54, 1.807) is 31.4 Å². The van der Waals surface area contributed by atoms with Gasteiger partial charge in [-0.2, -0.15) is 5.10 Å². The van der Waals surface area contributed by atoms with E-state index in [4.69, 9.17) is 9.47 Å². The number of methoxy groups -OCH3 is 2. The van der Waals surface area contributed by atoms with E-state index in [0.29, 0.717) is 23.2 Å². The van der Waals surface area contributed by atoms with Gasteiger partial charge in [-0.3, -0.25) is 9.69 Å². The summed E-state index contributed by atoms with van der Waals surface area (Å²) in [6.07, 6.45) is 4.56. The molecule has 1 atom stereocenters. The van der Waals surface area contributed by atoms with Crippen molar-refractivity contribution in [2.45, 2.75) is 38.0 Å². The number of amides is 1. The van der Waals surface area contributed by atoms with Crippen molar-refractivity contribution in [1.82, 2.24) is 4.90 Å². The van der Waals surface area contributed by atoms with Crippen LogP contribution in [0.2, 0.25) is 0 Å². The molecule has 6 nitrogen and oxygen atoms in total. The molecule has 1 aliphatic heterocycles. The predicted molar refractivity (Wildman–Crippen MR) is 122 cm³/mol. The van der Waals surface area contributed by atoms with Crippen LogP contribution in [0.3, 0.4) is 0 Å². The van der Waals surface area contributed by atoms with Crippen molar-refractivity contribution >= 4 is 29.1 Å². The highest BCUT2D eigenvalue weighted by Gasteiger charge is 2.37. The minimum absolute atomic E-state index is 0.0989. The molecular weight excluding hydrogens is 398 g/mol. The number of thioether (sulfide) groups is 1. The molecule has 30 heavy (non-hydrogen) atoms. The van der Waals surface area contributed by atoms with Crippen molar-refractivity contribution in [1.29, 1.82) is 0 Å². The molecule has 1 aliphatic rings. The Kier molecular flexibility index (Phi) is 7.90. The zero-order valence-electron chi connectivity index (χ0n) is 17.6. The largest absolute Gasteiger partial charge is 0.497 e. The highest BCUT2D eigenvalue weighted by molar-refractivity contribution is 8.15. The number of hydrogen-bond acceptors (Lipinski definition) is 6. The average Bonchev–Trinajstić information content (AvgIpc) is 3.07. The van der Waals surface area contributed by atoms with Crippen LogP contribution in [0.1, 0.15) is 37.3 Å². The number of ether oxygens (including phenoxy) is 2. The van der Waals surface area contributed by atoms with Gasteiger partial charge in [0.2, 0.25) is 5.91 Å². The minimum atomic E-state index is -0.0989. The number of carbonyl (C=O) groups excluding carboxylic acids is 1. The summed E-state index contributed by atoms with van der Waals surface area (Å²) in [6.45, 7) is 2.63.